The van der Waals surface area contributed by atoms with E-state index < -0.39 is 0 Å². The number of amides is 1. The fourth-order valence-electron chi connectivity index (χ4n) is 3.69. The van der Waals surface area contributed by atoms with Crippen LogP contribution in [-0.2, 0) is 0 Å². The Morgan fingerprint density at radius 1 is 1.20 bits per heavy atom. The predicted molar refractivity (Wildman–Crippen MR) is 97.0 cm³/mol. The maximum Gasteiger partial charge on any atom is 0.290 e. The standard InChI is InChI=1S/C21H21NO3/c1-14-17-13-16(24-2)10-11-19(17)25-20(14)21(23)22-12-6-9-18(22)15-7-4-3-5-8-15/h3-5,7-8,10-11,13,18H,6,9,12H2,1-2H3. The molecule has 1 aliphatic heterocycles. The van der Waals surface area contributed by atoms with Crippen LogP contribution in [-0.4, -0.2) is 24.5 Å². The Bertz CT molecular complexity index is 914. The highest BCUT2D eigenvalue weighted by Gasteiger charge is 2.33. The Balaban J connectivity index is 1.71. The second kappa shape index (κ2) is 6.28. The number of methoxy groups -OCH3 is 1. The van der Waals surface area contributed by atoms with Crippen LogP contribution in [0.15, 0.2) is 52.9 Å². The van der Waals surface area contributed by atoms with Crippen LogP contribution in [0.4, 0.5) is 0 Å². The van der Waals surface area contributed by atoms with Crippen molar-refractivity contribution in [3.05, 3.63) is 65.4 Å². The minimum Gasteiger partial charge on any atom is -0.497 e. The fraction of sp³-hybridized carbons (Fsp3) is 0.286. The molecule has 2 heterocycles. The van der Waals surface area contributed by atoms with E-state index in [0.717, 1.165) is 41.7 Å². The van der Waals surface area contributed by atoms with Crippen molar-refractivity contribution < 1.29 is 13.9 Å². The van der Waals surface area contributed by atoms with Crippen molar-refractivity contribution >= 4 is 16.9 Å². The second-order valence-corrected chi connectivity index (χ2v) is 6.49. The van der Waals surface area contributed by atoms with Crippen molar-refractivity contribution in [3.8, 4) is 5.75 Å². The van der Waals surface area contributed by atoms with Gasteiger partial charge in [-0.25, -0.2) is 0 Å². The molecule has 4 rings (SSSR count). The van der Waals surface area contributed by atoms with Gasteiger partial charge in [0, 0.05) is 17.5 Å². The Morgan fingerprint density at radius 2 is 2.00 bits per heavy atom. The highest BCUT2D eigenvalue weighted by atomic mass is 16.5. The summed E-state index contributed by atoms with van der Waals surface area (Å²) in [5.74, 6) is 1.17. The van der Waals surface area contributed by atoms with E-state index in [1.165, 1.54) is 5.56 Å². The van der Waals surface area contributed by atoms with Crippen molar-refractivity contribution in [2.45, 2.75) is 25.8 Å². The maximum atomic E-state index is 13.2. The van der Waals surface area contributed by atoms with Gasteiger partial charge < -0.3 is 14.1 Å². The third-order valence-electron chi connectivity index (χ3n) is 5.04. The van der Waals surface area contributed by atoms with Gasteiger partial charge in [0.25, 0.3) is 5.91 Å². The number of ether oxygens (including phenoxy) is 1. The van der Waals surface area contributed by atoms with Gasteiger partial charge in [-0.05, 0) is 43.5 Å². The van der Waals surface area contributed by atoms with Crippen molar-refractivity contribution in [1.29, 1.82) is 0 Å². The Kier molecular flexibility index (Phi) is 3.96. The largest absolute Gasteiger partial charge is 0.497 e. The van der Waals surface area contributed by atoms with Crippen LogP contribution in [0, 0.1) is 6.92 Å². The number of aryl methyl sites for hydroxylation is 1. The first-order valence-corrected chi connectivity index (χ1v) is 8.62. The van der Waals surface area contributed by atoms with Crippen LogP contribution in [0.2, 0.25) is 0 Å². The summed E-state index contributed by atoms with van der Waals surface area (Å²) in [7, 11) is 1.64. The molecule has 1 aliphatic rings. The first-order valence-electron chi connectivity index (χ1n) is 8.62. The minimum atomic E-state index is -0.0287. The van der Waals surface area contributed by atoms with E-state index in [-0.39, 0.29) is 11.9 Å². The van der Waals surface area contributed by atoms with Crippen LogP contribution < -0.4 is 4.74 Å². The zero-order valence-corrected chi connectivity index (χ0v) is 14.5. The zero-order valence-electron chi connectivity index (χ0n) is 14.5. The molecule has 1 unspecified atom stereocenters. The first-order chi connectivity index (χ1) is 12.2. The van der Waals surface area contributed by atoms with Gasteiger partial charge in [-0.15, -0.1) is 0 Å². The highest BCUT2D eigenvalue weighted by Crippen LogP contribution is 2.35. The van der Waals surface area contributed by atoms with Crippen molar-refractivity contribution in [2.24, 2.45) is 0 Å². The molecule has 0 bridgehead atoms. The molecule has 0 N–H and O–H groups in total. The number of likely N-dealkylation sites (tertiary alicyclic amines) is 1. The molecule has 1 aromatic heterocycles. The monoisotopic (exact) mass is 335 g/mol. The molecule has 3 aromatic rings. The molecule has 1 atom stereocenters. The number of benzene rings is 2. The SMILES string of the molecule is COc1ccc2oc(C(=O)N3CCCC3c3ccccc3)c(C)c2c1. The quantitative estimate of drug-likeness (QED) is 0.695. The third kappa shape index (κ3) is 2.68. The fourth-order valence-corrected chi connectivity index (χ4v) is 3.69. The molecule has 25 heavy (non-hydrogen) atoms. The number of fused-ring (bicyclic) bond motifs is 1. The number of carbonyl (C=O) groups excluding carboxylic acids is 1. The summed E-state index contributed by atoms with van der Waals surface area (Å²) in [6.07, 6.45) is 2.00. The minimum absolute atomic E-state index is 0.0287. The van der Waals surface area contributed by atoms with E-state index in [1.54, 1.807) is 7.11 Å². The number of hydrogen-bond acceptors (Lipinski definition) is 3. The van der Waals surface area contributed by atoms with E-state index in [1.807, 2.05) is 48.2 Å². The number of carbonyl (C=O) groups is 1. The predicted octanol–water partition coefficient (Wildman–Crippen LogP) is 4.73. The molecular formula is C21H21NO3. The van der Waals surface area contributed by atoms with Crippen LogP contribution in [0.1, 0.15) is 40.6 Å². The number of hydrogen-bond donors (Lipinski definition) is 0. The third-order valence-corrected chi connectivity index (χ3v) is 5.04. The molecule has 128 valence electrons. The van der Waals surface area contributed by atoms with E-state index in [9.17, 15) is 4.79 Å². The molecule has 0 saturated carbocycles. The van der Waals surface area contributed by atoms with Gasteiger partial charge in [-0.3, -0.25) is 4.79 Å². The summed E-state index contributed by atoms with van der Waals surface area (Å²) in [5, 5.41) is 0.929. The van der Waals surface area contributed by atoms with Gasteiger partial charge in [0.05, 0.1) is 13.2 Å². The van der Waals surface area contributed by atoms with Crippen molar-refractivity contribution in [2.75, 3.05) is 13.7 Å². The van der Waals surface area contributed by atoms with E-state index in [0.29, 0.717) is 5.76 Å². The number of rotatable bonds is 3. The average molecular weight is 335 g/mol. The lowest BCUT2D eigenvalue weighted by atomic mass is 10.0. The van der Waals surface area contributed by atoms with Gasteiger partial charge in [-0.2, -0.15) is 0 Å². The molecule has 0 radical (unpaired) electrons. The lowest BCUT2D eigenvalue weighted by molar-refractivity contribution is 0.0704. The lowest BCUT2D eigenvalue weighted by Crippen LogP contribution is -2.30. The van der Waals surface area contributed by atoms with Crippen LogP contribution in [0.5, 0.6) is 5.75 Å². The van der Waals surface area contributed by atoms with Gasteiger partial charge in [0.2, 0.25) is 0 Å². The summed E-state index contributed by atoms with van der Waals surface area (Å²) in [5.41, 5.74) is 2.78. The van der Waals surface area contributed by atoms with E-state index >= 15 is 0 Å². The van der Waals surface area contributed by atoms with Gasteiger partial charge in [-0.1, -0.05) is 30.3 Å². The Hall–Kier alpha value is -2.75. The van der Waals surface area contributed by atoms with Crippen LogP contribution >= 0.6 is 0 Å². The molecule has 2 aromatic carbocycles. The maximum absolute atomic E-state index is 13.2. The Morgan fingerprint density at radius 3 is 2.76 bits per heavy atom. The topological polar surface area (TPSA) is 42.7 Å². The molecule has 1 amide bonds. The summed E-state index contributed by atoms with van der Waals surface area (Å²) < 4.78 is 11.2. The molecule has 4 nitrogen and oxygen atoms in total. The van der Waals surface area contributed by atoms with Gasteiger partial charge >= 0.3 is 0 Å². The lowest BCUT2D eigenvalue weighted by Gasteiger charge is -2.24. The second-order valence-electron chi connectivity index (χ2n) is 6.49. The highest BCUT2D eigenvalue weighted by molar-refractivity contribution is 5.99. The molecule has 1 fully saturated rings. The summed E-state index contributed by atoms with van der Waals surface area (Å²) >= 11 is 0. The summed E-state index contributed by atoms with van der Waals surface area (Å²) in [4.78, 5) is 15.1. The zero-order chi connectivity index (χ0) is 17.4. The van der Waals surface area contributed by atoms with Crippen molar-refractivity contribution in [3.63, 3.8) is 0 Å². The normalized spacial score (nSPS) is 17.2. The Labute approximate surface area is 147 Å². The number of nitrogens with zero attached hydrogens (tertiary/aromatic N) is 1. The average Bonchev–Trinajstić information content (AvgIpc) is 3.27. The molecule has 1 saturated heterocycles. The smallest absolute Gasteiger partial charge is 0.290 e. The summed E-state index contributed by atoms with van der Waals surface area (Å²) in [6.45, 7) is 2.70. The van der Waals surface area contributed by atoms with Crippen LogP contribution in [0.3, 0.4) is 0 Å². The molecule has 0 aliphatic carbocycles. The van der Waals surface area contributed by atoms with E-state index in [2.05, 4.69) is 12.1 Å². The first kappa shape index (κ1) is 15.8. The van der Waals surface area contributed by atoms with Crippen LogP contribution in [0.25, 0.3) is 11.0 Å². The van der Waals surface area contributed by atoms with Gasteiger partial charge in [0.1, 0.15) is 11.3 Å². The molecule has 0 spiro atoms. The number of furan rings is 1. The van der Waals surface area contributed by atoms with Crippen molar-refractivity contribution in [1.82, 2.24) is 4.90 Å². The van der Waals surface area contributed by atoms with Gasteiger partial charge in [0.15, 0.2) is 5.76 Å². The molecule has 4 heteroatoms. The summed E-state index contributed by atoms with van der Waals surface area (Å²) in [6, 6.07) is 16.0. The van der Waals surface area contributed by atoms with E-state index in [4.69, 9.17) is 9.15 Å². The molecular weight excluding hydrogens is 314 g/mol.